The average molecular weight is 280 g/mol. The Morgan fingerprint density at radius 3 is 3.15 bits per heavy atom. The summed E-state index contributed by atoms with van der Waals surface area (Å²) in [5.41, 5.74) is -0.352. The van der Waals surface area contributed by atoms with Gasteiger partial charge in [-0.1, -0.05) is 0 Å². The number of hydrogen-bond donors (Lipinski definition) is 4. The molecule has 2 aliphatic heterocycles. The van der Waals surface area contributed by atoms with Crippen LogP contribution >= 0.6 is 0 Å². The number of carbonyl (C=O) groups is 2. The van der Waals surface area contributed by atoms with E-state index in [1.54, 1.807) is 18.3 Å². The maximum atomic E-state index is 11.8. The normalized spacial score (nSPS) is 31.6. The van der Waals surface area contributed by atoms with Gasteiger partial charge in [0.25, 0.3) is 5.91 Å². The number of amides is 3. The van der Waals surface area contributed by atoms with E-state index in [4.69, 9.17) is 9.47 Å². The van der Waals surface area contributed by atoms with Crippen molar-refractivity contribution in [1.29, 1.82) is 0 Å². The number of aromatic nitrogens is 1. The van der Waals surface area contributed by atoms with E-state index in [0.717, 1.165) is 0 Å². The Morgan fingerprint density at radius 2 is 2.50 bits per heavy atom. The zero-order valence-corrected chi connectivity index (χ0v) is 10.9. The molecule has 2 fully saturated rings. The summed E-state index contributed by atoms with van der Waals surface area (Å²) < 4.78 is 11.0. The lowest BCUT2D eigenvalue weighted by Gasteiger charge is -2.23. The van der Waals surface area contributed by atoms with Crippen LogP contribution in [-0.4, -0.2) is 48.6 Å². The van der Waals surface area contributed by atoms with Crippen LogP contribution in [0.25, 0.3) is 0 Å². The molecule has 0 saturated carbocycles. The summed E-state index contributed by atoms with van der Waals surface area (Å²) in [4.78, 5) is 25.9. The smallest absolute Gasteiger partial charge is 0.319 e. The van der Waals surface area contributed by atoms with Crippen molar-refractivity contribution in [3.63, 3.8) is 0 Å². The maximum absolute atomic E-state index is 11.8. The molecule has 0 radical (unpaired) electrons. The van der Waals surface area contributed by atoms with E-state index in [2.05, 4.69) is 20.9 Å². The number of aromatic amines is 1. The van der Waals surface area contributed by atoms with Crippen LogP contribution in [0.3, 0.4) is 0 Å². The molecule has 8 heteroatoms. The van der Waals surface area contributed by atoms with Gasteiger partial charge in [-0.2, -0.15) is 0 Å². The lowest BCUT2D eigenvalue weighted by molar-refractivity contribution is -0.0723. The van der Waals surface area contributed by atoms with Crippen molar-refractivity contribution < 1.29 is 19.1 Å². The van der Waals surface area contributed by atoms with Crippen LogP contribution in [0.5, 0.6) is 0 Å². The summed E-state index contributed by atoms with van der Waals surface area (Å²) in [7, 11) is 1.52. The second-order valence-electron chi connectivity index (χ2n) is 4.83. The first-order valence-corrected chi connectivity index (χ1v) is 6.34. The van der Waals surface area contributed by atoms with Gasteiger partial charge in [0.2, 0.25) is 0 Å². The van der Waals surface area contributed by atoms with Crippen molar-refractivity contribution in [3.8, 4) is 0 Å². The van der Waals surface area contributed by atoms with Crippen molar-refractivity contribution in [2.24, 2.45) is 0 Å². The molecule has 3 amide bonds. The van der Waals surface area contributed by atoms with Gasteiger partial charge in [-0.15, -0.1) is 0 Å². The van der Waals surface area contributed by atoms with E-state index < -0.39 is 12.0 Å². The first kappa shape index (κ1) is 12.9. The zero-order chi connectivity index (χ0) is 14.2. The molecule has 0 bridgehead atoms. The molecule has 3 rings (SSSR count). The Balaban J connectivity index is 1.56. The molecule has 1 aromatic rings. The van der Waals surface area contributed by atoms with Gasteiger partial charge in [0.15, 0.2) is 12.0 Å². The summed E-state index contributed by atoms with van der Waals surface area (Å²) in [6.07, 6.45) is 1.39. The van der Waals surface area contributed by atoms with Crippen LogP contribution in [0, 0.1) is 0 Å². The van der Waals surface area contributed by atoms with E-state index >= 15 is 0 Å². The summed E-state index contributed by atoms with van der Waals surface area (Å²) >= 11 is 0. The molecule has 0 spiro atoms. The molecular weight excluding hydrogens is 264 g/mol. The molecule has 3 atom stereocenters. The first-order chi connectivity index (χ1) is 9.63. The largest absolute Gasteiger partial charge is 0.357 e. The molecule has 2 aliphatic rings. The molecule has 20 heavy (non-hydrogen) atoms. The van der Waals surface area contributed by atoms with Gasteiger partial charge in [0, 0.05) is 26.3 Å². The van der Waals surface area contributed by atoms with Crippen LogP contribution in [0.15, 0.2) is 18.3 Å². The van der Waals surface area contributed by atoms with E-state index in [-0.39, 0.29) is 18.0 Å². The minimum absolute atomic E-state index is 0.195. The monoisotopic (exact) mass is 280 g/mol. The van der Waals surface area contributed by atoms with Gasteiger partial charge >= 0.3 is 6.03 Å². The van der Waals surface area contributed by atoms with Gasteiger partial charge in [-0.05, 0) is 12.1 Å². The van der Waals surface area contributed by atoms with Crippen LogP contribution in [0.2, 0.25) is 0 Å². The van der Waals surface area contributed by atoms with Crippen LogP contribution in [-0.2, 0) is 9.47 Å². The Labute approximate surface area is 115 Å². The molecule has 4 N–H and O–H groups in total. The highest BCUT2D eigenvalue weighted by molar-refractivity contribution is 5.92. The van der Waals surface area contributed by atoms with Crippen LogP contribution in [0.4, 0.5) is 4.79 Å². The number of carbonyl (C=O) groups excluding carboxylic acids is 2. The van der Waals surface area contributed by atoms with Gasteiger partial charge < -0.3 is 30.4 Å². The molecule has 2 saturated heterocycles. The third-order valence-corrected chi connectivity index (χ3v) is 3.57. The second-order valence-corrected chi connectivity index (χ2v) is 4.83. The van der Waals surface area contributed by atoms with E-state index in [1.807, 2.05) is 0 Å². The highest BCUT2D eigenvalue weighted by atomic mass is 16.6. The molecule has 108 valence electrons. The Hall–Kier alpha value is -2.06. The van der Waals surface area contributed by atoms with Gasteiger partial charge in [0.1, 0.15) is 5.69 Å². The fourth-order valence-electron chi connectivity index (χ4n) is 2.55. The summed E-state index contributed by atoms with van der Waals surface area (Å²) in [6.45, 7) is 0.344. The predicted molar refractivity (Wildman–Crippen MR) is 67.8 cm³/mol. The topological polar surface area (TPSA) is 104 Å². The lowest BCUT2D eigenvalue weighted by Crippen LogP contribution is -2.48. The molecule has 0 aliphatic carbocycles. The molecule has 0 unspecified atom stereocenters. The summed E-state index contributed by atoms with van der Waals surface area (Å²) in [6, 6.07) is 3.13. The minimum Gasteiger partial charge on any atom is -0.357 e. The molecule has 8 nitrogen and oxygen atoms in total. The first-order valence-electron chi connectivity index (χ1n) is 6.34. The van der Waals surface area contributed by atoms with Crippen molar-refractivity contribution in [3.05, 3.63) is 24.0 Å². The van der Waals surface area contributed by atoms with E-state index in [9.17, 15) is 9.59 Å². The predicted octanol–water partition coefficient (Wildman–Crippen LogP) is -0.485. The molecular formula is C12H16N4O4. The Bertz CT molecular complexity index is 518. The van der Waals surface area contributed by atoms with Gasteiger partial charge in [0.05, 0.1) is 6.10 Å². The summed E-state index contributed by atoms with van der Waals surface area (Å²) in [5, 5.41) is 8.12. The average Bonchev–Trinajstić information content (AvgIpc) is 3.09. The van der Waals surface area contributed by atoms with Crippen molar-refractivity contribution >= 4 is 11.9 Å². The number of urea groups is 1. The zero-order valence-electron chi connectivity index (χ0n) is 10.9. The maximum Gasteiger partial charge on any atom is 0.319 e. The third-order valence-electron chi connectivity index (χ3n) is 3.57. The van der Waals surface area contributed by atoms with Crippen molar-refractivity contribution in [1.82, 2.24) is 20.9 Å². The quantitative estimate of drug-likeness (QED) is 0.597. The SMILES string of the molecule is CO[C@]12C[C@H](CNC(=O)c3ccc[nH]3)O[C@H]1NC(=O)N2. The number of methoxy groups -OCH3 is 1. The van der Waals surface area contributed by atoms with Crippen molar-refractivity contribution in [2.75, 3.05) is 13.7 Å². The van der Waals surface area contributed by atoms with Gasteiger partial charge in [-0.25, -0.2) is 4.79 Å². The van der Waals surface area contributed by atoms with Crippen LogP contribution in [0.1, 0.15) is 16.9 Å². The van der Waals surface area contributed by atoms with E-state index in [0.29, 0.717) is 18.7 Å². The fraction of sp³-hybridized carbons (Fsp3) is 0.500. The fourth-order valence-corrected chi connectivity index (χ4v) is 2.55. The number of nitrogens with one attached hydrogen (secondary N) is 4. The number of fused-ring (bicyclic) bond motifs is 1. The number of ether oxygens (including phenoxy) is 2. The number of H-pyrrole nitrogens is 1. The Kier molecular flexibility index (Phi) is 3.11. The lowest BCUT2D eigenvalue weighted by atomic mass is 10.1. The third kappa shape index (κ3) is 2.12. The summed E-state index contributed by atoms with van der Waals surface area (Å²) in [5.74, 6) is -0.195. The minimum atomic E-state index is -0.848. The van der Waals surface area contributed by atoms with Crippen LogP contribution < -0.4 is 16.0 Å². The Morgan fingerprint density at radius 1 is 1.65 bits per heavy atom. The molecule has 1 aromatic heterocycles. The van der Waals surface area contributed by atoms with Gasteiger partial charge in [-0.3, -0.25) is 4.79 Å². The molecule has 3 heterocycles. The molecule has 0 aromatic carbocycles. The highest BCUT2D eigenvalue weighted by Gasteiger charge is 2.55. The second kappa shape index (κ2) is 4.80. The number of hydrogen-bond acceptors (Lipinski definition) is 4. The van der Waals surface area contributed by atoms with Crippen molar-refractivity contribution in [2.45, 2.75) is 24.5 Å². The standard InChI is InChI=1S/C12H16N4O4/c1-19-12-5-7(20-10(12)15-11(18)16-12)6-14-9(17)8-3-2-4-13-8/h2-4,7,10,13H,5-6H2,1H3,(H,14,17)(H2,15,16,18)/t7-,10-,12-/m1/s1. The number of rotatable bonds is 4. The van der Waals surface area contributed by atoms with E-state index in [1.165, 1.54) is 7.11 Å². The highest BCUT2D eigenvalue weighted by Crippen LogP contribution is 2.32.